The van der Waals surface area contributed by atoms with Crippen LogP contribution in [0.25, 0.3) is 0 Å². The van der Waals surface area contributed by atoms with E-state index in [9.17, 15) is 9.90 Å². The van der Waals surface area contributed by atoms with Crippen LogP contribution >= 0.6 is 24.0 Å². The summed E-state index contributed by atoms with van der Waals surface area (Å²) >= 11 is 0. The third kappa shape index (κ3) is 6.82. The van der Waals surface area contributed by atoms with Crippen molar-refractivity contribution in [3.63, 3.8) is 0 Å². The second-order valence-electron chi connectivity index (χ2n) is 9.30. The van der Waals surface area contributed by atoms with Gasteiger partial charge < -0.3 is 25.1 Å². The fraction of sp³-hybridized carbons (Fsp3) is 0.680. The summed E-state index contributed by atoms with van der Waals surface area (Å²) in [6.45, 7) is 9.46. The van der Waals surface area contributed by atoms with Crippen LogP contribution < -0.4 is 10.2 Å². The number of halogens is 1. The molecule has 0 bridgehead atoms. The number of guanidine groups is 1. The zero-order valence-corrected chi connectivity index (χ0v) is 22.2. The predicted octanol–water partition coefficient (Wildman–Crippen LogP) is 3.03. The molecule has 3 heterocycles. The second kappa shape index (κ2) is 12.9. The van der Waals surface area contributed by atoms with Crippen molar-refractivity contribution < 1.29 is 9.90 Å². The topological polar surface area (TPSA) is 71.4 Å². The molecule has 4 rings (SSSR count). The summed E-state index contributed by atoms with van der Waals surface area (Å²) in [5.41, 5.74) is 2.62. The van der Waals surface area contributed by atoms with Gasteiger partial charge in [-0.25, -0.2) is 0 Å². The molecular formula is C25H40IN5O2. The van der Waals surface area contributed by atoms with Crippen LogP contribution in [0.3, 0.4) is 0 Å². The van der Waals surface area contributed by atoms with Crippen molar-refractivity contribution in [2.75, 3.05) is 57.3 Å². The zero-order chi connectivity index (χ0) is 22.3. The molecule has 0 saturated carbocycles. The number of para-hydroxylation sites is 1. The lowest BCUT2D eigenvalue weighted by Crippen LogP contribution is -2.41. The van der Waals surface area contributed by atoms with Crippen molar-refractivity contribution in [2.24, 2.45) is 4.99 Å². The lowest BCUT2D eigenvalue weighted by atomic mass is 9.98. The first-order valence-electron chi connectivity index (χ1n) is 12.5. The lowest BCUT2D eigenvalue weighted by molar-refractivity contribution is -0.127. The van der Waals surface area contributed by atoms with Gasteiger partial charge in [-0.2, -0.15) is 0 Å². The number of carbonyl (C=O) groups is 1. The molecule has 1 aromatic rings. The summed E-state index contributed by atoms with van der Waals surface area (Å²) < 4.78 is 0. The molecule has 1 aromatic carbocycles. The van der Waals surface area contributed by atoms with E-state index in [0.717, 1.165) is 90.4 Å². The highest BCUT2D eigenvalue weighted by molar-refractivity contribution is 14.0. The van der Waals surface area contributed by atoms with E-state index < -0.39 is 0 Å². The number of aliphatic hydroxyl groups excluding tert-OH is 1. The summed E-state index contributed by atoms with van der Waals surface area (Å²) in [7, 11) is 0. The first-order chi connectivity index (χ1) is 15.7. The third-order valence-corrected chi connectivity index (χ3v) is 7.03. The van der Waals surface area contributed by atoms with Crippen molar-refractivity contribution in [3.05, 3.63) is 29.8 Å². The first kappa shape index (κ1) is 26.2. The Balaban J connectivity index is 0.00000306. The van der Waals surface area contributed by atoms with E-state index in [-0.39, 0.29) is 30.1 Å². The van der Waals surface area contributed by atoms with E-state index in [1.54, 1.807) is 0 Å². The van der Waals surface area contributed by atoms with Crippen molar-refractivity contribution in [1.29, 1.82) is 0 Å². The van der Waals surface area contributed by atoms with E-state index in [1.807, 2.05) is 4.90 Å². The van der Waals surface area contributed by atoms with Crippen LogP contribution in [-0.2, 0) is 4.79 Å². The minimum Gasteiger partial charge on any atom is -0.393 e. The maximum absolute atomic E-state index is 12.0. The number of benzene rings is 1. The van der Waals surface area contributed by atoms with Gasteiger partial charge in [0, 0.05) is 63.8 Å². The molecule has 1 unspecified atom stereocenters. The maximum atomic E-state index is 12.0. The van der Waals surface area contributed by atoms with Crippen LogP contribution in [0, 0.1) is 0 Å². The highest BCUT2D eigenvalue weighted by Crippen LogP contribution is 2.38. The largest absolute Gasteiger partial charge is 0.393 e. The summed E-state index contributed by atoms with van der Waals surface area (Å²) in [4.78, 5) is 23.8. The van der Waals surface area contributed by atoms with Gasteiger partial charge in [-0.3, -0.25) is 9.79 Å². The molecule has 184 valence electrons. The minimum atomic E-state index is -0.114. The average Bonchev–Trinajstić information content (AvgIpc) is 3.39. The molecule has 7 nitrogen and oxygen atoms in total. The van der Waals surface area contributed by atoms with Crippen LogP contribution in [0.4, 0.5) is 5.69 Å². The number of hydrogen-bond donors (Lipinski definition) is 2. The van der Waals surface area contributed by atoms with Crippen LogP contribution in [-0.4, -0.2) is 85.2 Å². The van der Waals surface area contributed by atoms with Crippen molar-refractivity contribution in [3.8, 4) is 0 Å². The molecule has 1 amide bonds. The van der Waals surface area contributed by atoms with Crippen molar-refractivity contribution in [2.45, 2.75) is 57.5 Å². The first-order valence-corrected chi connectivity index (χ1v) is 12.5. The number of nitrogens with one attached hydrogen (secondary N) is 1. The minimum absolute atomic E-state index is 0. The molecule has 0 aliphatic carbocycles. The number of anilines is 1. The van der Waals surface area contributed by atoms with Gasteiger partial charge >= 0.3 is 0 Å². The number of aliphatic imine (C=N–C) groups is 1. The van der Waals surface area contributed by atoms with Crippen molar-refractivity contribution in [1.82, 2.24) is 15.1 Å². The highest BCUT2D eigenvalue weighted by atomic mass is 127. The van der Waals surface area contributed by atoms with E-state index in [2.05, 4.69) is 46.3 Å². The van der Waals surface area contributed by atoms with Gasteiger partial charge in [0.15, 0.2) is 5.96 Å². The van der Waals surface area contributed by atoms with E-state index >= 15 is 0 Å². The molecule has 0 radical (unpaired) electrons. The molecule has 0 spiro atoms. The number of rotatable bonds is 8. The summed E-state index contributed by atoms with van der Waals surface area (Å²) in [5, 5.41) is 13.2. The summed E-state index contributed by atoms with van der Waals surface area (Å²) in [6, 6.07) is 8.66. The van der Waals surface area contributed by atoms with Crippen molar-refractivity contribution >= 4 is 41.5 Å². The fourth-order valence-electron chi connectivity index (χ4n) is 5.21. The normalized spacial score (nSPS) is 21.9. The fourth-order valence-corrected chi connectivity index (χ4v) is 5.21. The Kier molecular flexibility index (Phi) is 10.2. The second-order valence-corrected chi connectivity index (χ2v) is 9.30. The molecule has 2 saturated heterocycles. The van der Waals surface area contributed by atoms with Crippen LogP contribution in [0.1, 0.15) is 56.9 Å². The Morgan fingerprint density at radius 2 is 1.97 bits per heavy atom. The molecule has 0 aromatic heterocycles. The highest BCUT2D eigenvalue weighted by Gasteiger charge is 2.32. The number of aliphatic hydroxyl groups is 1. The van der Waals surface area contributed by atoms with E-state index in [4.69, 9.17) is 4.99 Å². The quantitative estimate of drug-likeness (QED) is 0.218. The lowest BCUT2D eigenvalue weighted by Gasteiger charge is -2.29. The number of likely N-dealkylation sites (tertiary alicyclic amines) is 2. The Morgan fingerprint density at radius 1 is 1.18 bits per heavy atom. The third-order valence-electron chi connectivity index (χ3n) is 7.03. The average molecular weight is 570 g/mol. The van der Waals surface area contributed by atoms with E-state index in [1.165, 1.54) is 11.3 Å². The molecule has 3 aliphatic heterocycles. The van der Waals surface area contributed by atoms with Gasteiger partial charge in [-0.1, -0.05) is 18.2 Å². The van der Waals surface area contributed by atoms with Crippen LogP contribution in [0.2, 0.25) is 0 Å². The zero-order valence-electron chi connectivity index (χ0n) is 19.9. The number of hydrogen-bond acceptors (Lipinski definition) is 4. The van der Waals surface area contributed by atoms with Gasteiger partial charge in [0.1, 0.15) is 0 Å². The molecule has 8 heteroatoms. The Hall–Kier alpha value is -1.39. The molecule has 3 aliphatic rings. The summed E-state index contributed by atoms with van der Waals surface area (Å²) in [5.74, 6) is 1.70. The molecule has 2 N–H and O–H groups in total. The molecular weight excluding hydrogens is 529 g/mol. The van der Waals surface area contributed by atoms with Gasteiger partial charge in [0.25, 0.3) is 0 Å². The van der Waals surface area contributed by atoms with Crippen LogP contribution in [0.15, 0.2) is 29.3 Å². The maximum Gasteiger partial charge on any atom is 0.222 e. The molecule has 2 fully saturated rings. The number of carbonyl (C=O) groups excluding carboxylic acids is 1. The van der Waals surface area contributed by atoms with E-state index in [0.29, 0.717) is 18.2 Å². The number of fused-ring (bicyclic) bond motifs is 1. The standard InChI is InChI=1S/C25H39N5O2.HI/c1-2-26-25(27-13-6-14-28-16-11-21(31)12-17-28)30-19-20(22-7-3-4-8-23(22)30)10-18-29-15-5-9-24(29)32;/h3-4,7-8,20-21,31H,2,5-6,9-19H2,1H3,(H,26,27);1H. The summed E-state index contributed by atoms with van der Waals surface area (Å²) in [6.07, 6.45) is 5.41. The van der Waals surface area contributed by atoms with Gasteiger partial charge in [0.2, 0.25) is 5.91 Å². The SMILES string of the molecule is CCNC(=NCCCN1CCC(O)CC1)N1CC(CCN2CCCC2=O)c2ccccc21.I. The Morgan fingerprint density at radius 3 is 2.70 bits per heavy atom. The molecule has 33 heavy (non-hydrogen) atoms. The molecule has 1 atom stereocenters. The van der Waals surface area contributed by atoms with Crippen LogP contribution in [0.5, 0.6) is 0 Å². The van der Waals surface area contributed by atoms with Gasteiger partial charge in [-0.05, 0) is 57.2 Å². The number of piperidine rings is 1. The number of nitrogens with zero attached hydrogens (tertiary/aromatic N) is 4. The number of amides is 1. The van der Waals surface area contributed by atoms with Gasteiger partial charge in [-0.15, -0.1) is 24.0 Å². The Labute approximate surface area is 215 Å². The Bertz CT molecular complexity index is 797. The predicted molar refractivity (Wildman–Crippen MR) is 145 cm³/mol. The monoisotopic (exact) mass is 569 g/mol. The smallest absolute Gasteiger partial charge is 0.222 e. The van der Waals surface area contributed by atoms with Gasteiger partial charge in [0.05, 0.1) is 6.10 Å².